The van der Waals surface area contributed by atoms with E-state index in [0.29, 0.717) is 63.0 Å². The van der Waals surface area contributed by atoms with Crippen LogP contribution < -0.4 is 14.5 Å². The van der Waals surface area contributed by atoms with Crippen LogP contribution in [-0.4, -0.2) is 103 Å². The average molecular weight is 674 g/mol. The van der Waals surface area contributed by atoms with Crippen molar-refractivity contribution in [1.29, 1.82) is 0 Å². The molecule has 3 aliphatic heterocycles. The van der Waals surface area contributed by atoms with Gasteiger partial charge in [-0.2, -0.15) is 9.97 Å². The third kappa shape index (κ3) is 6.29. The fraction of sp³-hybridized carbons (Fsp3) is 0.500. The van der Waals surface area contributed by atoms with Crippen molar-refractivity contribution in [2.75, 3.05) is 69.4 Å². The molecule has 4 heterocycles. The van der Waals surface area contributed by atoms with Crippen molar-refractivity contribution in [3.63, 3.8) is 0 Å². The Morgan fingerprint density at radius 1 is 1.23 bits per heavy atom. The zero-order valence-corrected chi connectivity index (χ0v) is 28.3. The Labute approximate surface area is 285 Å². The summed E-state index contributed by atoms with van der Waals surface area (Å²) >= 11 is 6.77. The van der Waals surface area contributed by atoms with E-state index in [4.69, 9.17) is 37.6 Å². The van der Waals surface area contributed by atoms with Crippen LogP contribution in [0, 0.1) is 12.0 Å². The van der Waals surface area contributed by atoms with Crippen LogP contribution in [0.3, 0.4) is 0 Å². The first-order valence-electron chi connectivity index (χ1n) is 16.6. The molecule has 3 fully saturated rings. The number of rotatable bonds is 10. The highest BCUT2D eigenvalue weighted by molar-refractivity contribution is 6.36. The molecule has 48 heavy (non-hydrogen) atoms. The van der Waals surface area contributed by atoms with Crippen molar-refractivity contribution < 1.29 is 18.7 Å². The summed E-state index contributed by atoms with van der Waals surface area (Å²) in [7, 11) is 2.17. The summed E-state index contributed by atoms with van der Waals surface area (Å²) in [6, 6.07) is 12.7. The van der Waals surface area contributed by atoms with Gasteiger partial charge in [0.05, 0.1) is 35.9 Å². The number of fused-ring (bicyclic) bond motifs is 2. The molecule has 0 spiro atoms. The first kappa shape index (κ1) is 32.6. The van der Waals surface area contributed by atoms with Crippen molar-refractivity contribution in [3.05, 3.63) is 76.5 Å². The molecule has 3 aromatic rings. The maximum atomic E-state index is 13.9. The number of aromatic nitrogens is 2. The van der Waals surface area contributed by atoms with Crippen LogP contribution in [0.15, 0.2) is 48.8 Å². The zero-order chi connectivity index (χ0) is 33.6. The molecule has 0 N–H and O–H groups in total. The Bertz CT molecular complexity index is 1770. The van der Waals surface area contributed by atoms with Gasteiger partial charge in [0.25, 0.3) is 5.91 Å². The number of carbonyl (C=O) groups is 1. The van der Waals surface area contributed by atoms with E-state index in [1.165, 1.54) is 17.7 Å². The summed E-state index contributed by atoms with van der Waals surface area (Å²) in [6.07, 6.45) is 3.13. The van der Waals surface area contributed by atoms with Gasteiger partial charge in [0.15, 0.2) is 5.83 Å². The summed E-state index contributed by atoms with van der Waals surface area (Å²) < 4.78 is 26.1. The van der Waals surface area contributed by atoms with E-state index in [1.54, 1.807) is 0 Å². The number of benzene rings is 2. The number of ether oxygens (including phenoxy) is 2. The third-order valence-corrected chi connectivity index (χ3v) is 10.5. The largest absolute Gasteiger partial charge is 0.463 e. The number of hydrogen-bond donors (Lipinski definition) is 0. The highest BCUT2D eigenvalue weighted by Crippen LogP contribution is 2.40. The minimum atomic E-state index is -1.02. The van der Waals surface area contributed by atoms with Gasteiger partial charge in [-0.15, -0.1) is 0 Å². The maximum Gasteiger partial charge on any atom is 0.318 e. The summed E-state index contributed by atoms with van der Waals surface area (Å²) in [4.78, 5) is 34.5. The summed E-state index contributed by atoms with van der Waals surface area (Å²) in [5.74, 6) is -1.04. The Balaban J connectivity index is 1.23. The Hall–Kier alpha value is -3.98. The molecule has 7 rings (SSSR count). The molecule has 1 aromatic heterocycles. The number of nitrogens with zero attached hydrogens (tertiary/aromatic N) is 7. The fourth-order valence-electron chi connectivity index (χ4n) is 7.46. The number of hydrogen-bond acceptors (Lipinski definition) is 8. The highest BCUT2D eigenvalue weighted by Gasteiger charge is 2.44. The van der Waals surface area contributed by atoms with E-state index in [9.17, 15) is 9.18 Å². The van der Waals surface area contributed by atoms with Crippen LogP contribution in [-0.2, 0) is 22.5 Å². The quantitative estimate of drug-likeness (QED) is 0.216. The molecule has 2 saturated heterocycles. The van der Waals surface area contributed by atoms with Gasteiger partial charge in [-0.3, -0.25) is 4.79 Å². The number of anilines is 2. The molecule has 2 atom stereocenters. The van der Waals surface area contributed by atoms with Gasteiger partial charge in [0, 0.05) is 54.9 Å². The first-order chi connectivity index (χ1) is 23.2. The molecule has 0 bridgehead atoms. The fourth-order valence-corrected chi connectivity index (χ4v) is 7.74. The van der Waals surface area contributed by atoms with Crippen molar-refractivity contribution in [2.45, 2.75) is 50.9 Å². The maximum absolute atomic E-state index is 13.9. The Morgan fingerprint density at radius 3 is 2.69 bits per heavy atom. The van der Waals surface area contributed by atoms with E-state index < -0.39 is 17.8 Å². The molecule has 252 valence electrons. The lowest BCUT2D eigenvalue weighted by atomic mass is 9.86. The molecule has 12 heteroatoms. The van der Waals surface area contributed by atoms with Crippen molar-refractivity contribution in [3.8, 4) is 6.01 Å². The first-order valence-corrected chi connectivity index (χ1v) is 17.0. The lowest BCUT2D eigenvalue weighted by molar-refractivity contribution is -0.143. The summed E-state index contributed by atoms with van der Waals surface area (Å²) in [5.41, 5.74) is 2.80. The molecule has 4 aliphatic rings. The molecular formula is C36H41ClFN7O3. The van der Waals surface area contributed by atoms with Crippen molar-refractivity contribution >= 4 is 39.8 Å². The number of piperazine rings is 1. The van der Waals surface area contributed by atoms with Crippen molar-refractivity contribution in [1.82, 2.24) is 19.8 Å². The summed E-state index contributed by atoms with van der Waals surface area (Å²) in [6.45, 7) is 17.1. The molecular weight excluding hydrogens is 633 g/mol. The van der Waals surface area contributed by atoms with Gasteiger partial charge in [-0.25, -0.2) is 11.0 Å². The monoisotopic (exact) mass is 673 g/mol. The molecule has 1 unspecified atom stereocenters. The second-order valence-electron chi connectivity index (χ2n) is 13.8. The van der Waals surface area contributed by atoms with Crippen molar-refractivity contribution in [2.24, 2.45) is 5.41 Å². The lowest BCUT2D eigenvalue weighted by Gasteiger charge is -2.44. The molecule has 1 saturated carbocycles. The minimum Gasteiger partial charge on any atom is -0.463 e. The van der Waals surface area contributed by atoms with E-state index in [2.05, 4.69) is 64.4 Å². The molecule has 1 amide bonds. The molecule has 1 aliphatic carbocycles. The second kappa shape index (κ2) is 13.1. The third-order valence-electron chi connectivity index (χ3n) is 10.2. The standard InChI is InChI=1S/C36H41ClFN7O3/c1-23-15-28-30(18-45(23)31-10-6-8-25-7-5-9-29(37)32(25)31)40-35(48-22-36(20-47-21-36)19-42(4)26-11-12-26)41-33(28)43-13-14-44(34(46)24(2)38)27(17-43)16-39-3/h5-10,23,26-27H,2,11-22H2,1,4H3/t23?,27-/m0/s1. The number of carbonyl (C=O) groups excluding carboxylic acids is 1. The van der Waals surface area contributed by atoms with E-state index in [1.807, 2.05) is 12.1 Å². The summed E-state index contributed by atoms with van der Waals surface area (Å²) in [5, 5.41) is 2.78. The number of halogens is 2. The van der Waals surface area contributed by atoms with Crippen LogP contribution in [0.4, 0.5) is 15.9 Å². The predicted molar refractivity (Wildman–Crippen MR) is 184 cm³/mol. The van der Waals surface area contributed by atoms with Gasteiger partial charge in [0.2, 0.25) is 6.54 Å². The zero-order valence-electron chi connectivity index (χ0n) is 27.5. The topological polar surface area (TPSA) is 78.6 Å². The van der Waals surface area contributed by atoms with Crippen LogP contribution in [0.2, 0.25) is 5.02 Å². The van der Waals surface area contributed by atoms with Gasteiger partial charge in [-0.05, 0) is 50.8 Å². The second-order valence-corrected chi connectivity index (χ2v) is 14.2. The number of amides is 1. The minimum absolute atomic E-state index is 0.0508. The SMILES string of the molecule is [C-]#[N+]C[C@H]1CN(c2nc(OCC3(CN(C)C4CC4)COC3)nc3c2CC(C)N(c2cccc4cccc(Cl)c24)C3)CCN1C(=O)C(=C)F. The predicted octanol–water partition coefficient (Wildman–Crippen LogP) is 5.14. The molecule has 10 nitrogen and oxygen atoms in total. The van der Waals surface area contributed by atoms with Crippen LogP contribution in [0.5, 0.6) is 6.01 Å². The van der Waals surface area contributed by atoms with Gasteiger partial charge < -0.3 is 33.9 Å². The Morgan fingerprint density at radius 2 is 2.00 bits per heavy atom. The van der Waals surface area contributed by atoms with E-state index in [0.717, 1.165) is 40.1 Å². The van der Waals surface area contributed by atoms with E-state index in [-0.39, 0.29) is 24.5 Å². The van der Waals surface area contributed by atoms with Gasteiger partial charge >= 0.3 is 6.01 Å². The molecule has 0 radical (unpaired) electrons. The van der Waals surface area contributed by atoms with Gasteiger partial charge in [-0.1, -0.05) is 42.4 Å². The average Bonchev–Trinajstić information content (AvgIpc) is 3.91. The lowest BCUT2D eigenvalue weighted by Crippen LogP contribution is -2.57. The van der Waals surface area contributed by atoms with Gasteiger partial charge in [0.1, 0.15) is 18.5 Å². The normalized spacial score (nSPS) is 21.9. The van der Waals surface area contributed by atoms with Crippen LogP contribution in [0.25, 0.3) is 15.6 Å². The smallest absolute Gasteiger partial charge is 0.318 e. The van der Waals surface area contributed by atoms with E-state index >= 15 is 0 Å². The Kier molecular flexibility index (Phi) is 8.92. The molecule has 2 aromatic carbocycles. The van der Waals surface area contributed by atoms with Crippen LogP contribution in [0.1, 0.15) is 31.0 Å². The van der Waals surface area contributed by atoms with Crippen LogP contribution >= 0.6 is 11.6 Å². The highest BCUT2D eigenvalue weighted by atomic mass is 35.5.